The molecule has 2 atom stereocenters. The van der Waals surface area contributed by atoms with Gasteiger partial charge in [-0.3, -0.25) is 42.5 Å². The molecule has 1 amide bonds. The third-order valence-corrected chi connectivity index (χ3v) is 5.10. The molecule has 0 radical (unpaired) electrons. The number of carbonyl (C=O) groups is 2. The van der Waals surface area contributed by atoms with E-state index in [1.165, 1.54) is 36.4 Å². The number of phenolic OH excluding ortho intramolecular Hbond substituents is 4. The molecule has 0 bridgehead atoms. The van der Waals surface area contributed by atoms with Crippen LogP contribution in [0.25, 0.3) is 0 Å². The quantitative estimate of drug-likeness (QED) is 0.0755. The summed E-state index contributed by atoms with van der Waals surface area (Å²) in [6, 6.07) is 21.7. The summed E-state index contributed by atoms with van der Waals surface area (Å²) in [6.07, 6.45) is -2.18. The van der Waals surface area contributed by atoms with E-state index in [-0.39, 0.29) is 35.1 Å². The van der Waals surface area contributed by atoms with E-state index >= 15 is 0 Å². The number of nitrogens with zero attached hydrogens (tertiary/aromatic N) is 1. The smallest absolute Gasteiger partial charge is 0.377 e. The summed E-state index contributed by atoms with van der Waals surface area (Å²) >= 11 is -7.83. The van der Waals surface area contributed by atoms with Gasteiger partial charge in [0.15, 0.2) is 23.4 Å². The number of ether oxygens (including phenoxy) is 1. The lowest BCUT2D eigenvalue weighted by Gasteiger charge is -2.16. The maximum absolute atomic E-state index is 10.9. The summed E-state index contributed by atoms with van der Waals surface area (Å²) < 4.78 is 72.8. The average molecular weight is 822 g/mol. The fourth-order valence-electron chi connectivity index (χ4n) is 3.02. The first-order valence-corrected chi connectivity index (χ1v) is 16.5. The number of rotatable bonds is 3. The molecule has 0 saturated carbocycles. The largest absolute Gasteiger partial charge is 0.508 e. The number of para-hydroxylation sites is 3. The van der Waals surface area contributed by atoms with Gasteiger partial charge in [-0.15, -0.1) is 0 Å². The van der Waals surface area contributed by atoms with Crippen LogP contribution in [0.1, 0.15) is 6.42 Å². The molecule has 3 aromatic carbocycles. The zero-order valence-corrected chi connectivity index (χ0v) is 29.3. The first kappa shape index (κ1) is 52.4. The number of hydrazine groups is 1. The molecule has 0 aliphatic carbocycles. The van der Waals surface area contributed by atoms with Gasteiger partial charge in [-0.2, -0.15) is 12.6 Å². The molecule has 2 heterocycles. The fourth-order valence-corrected chi connectivity index (χ4v) is 3.02. The Labute approximate surface area is 308 Å². The lowest BCUT2D eigenvalue weighted by atomic mass is 10.2. The summed E-state index contributed by atoms with van der Waals surface area (Å²) in [7, 11) is 0. The number of cyclic esters (lactones) is 1. The van der Waals surface area contributed by atoms with Crippen molar-refractivity contribution in [2.45, 2.75) is 18.6 Å². The van der Waals surface area contributed by atoms with E-state index in [1.54, 1.807) is 12.1 Å². The number of aromatic hydroxyl groups is 4. The van der Waals surface area contributed by atoms with Crippen LogP contribution in [-0.4, -0.2) is 118 Å². The Morgan fingerprint density at radius 3 is 1.36 bits per heavy atom. The number of hydrogen-bond donors (Lipinski definition) is 16. The fraction of sp³-hybridized carbons (Fsp3) is 0.185. The van der Waals surface area contributed by atoms with Crippen molar-refractivity contribution in [3.63, 3.8) is 0 Å². The number of esters is 1. The maximum atomic E-state index is 10.9. The number of aliphatic hydroxyl groups is 4. The predicted octanol–water partition coefficient (Wildman–Crippen LogP) is 0.921. The third kappa shape index (κ3) is 27.4. The standard InChI is InChI=1S/C9H10N2O.C6H8O6.2C6H6O2.H3N.3H2O3S/c12-9-6-7-11(10-9)8-4-2-1-3-5-8;7-1-2(8)5-3(9)4(10)6(11)12-5;7-5-1-2-6(8)4-3-5;7-5-3-1-2-4-6(5)8;;3*1-4(2)3/h1-5H,6-7H2,(H,10,12);2,5,7-10H,1H2;2*1-4,7-8H;1H3;3*(H2,1,2,3)/t;2-,5+;;;;;;/m.0....../s1. The lowest BCUT2D eigenvalue weighted by Crippen LogP contribution is -2.32. The number of aliphatic hydroxyl groups excluding tert-OH is 4. The molecule has 0 aromatic heterocycles. The van der Waals surface area contributed by atoms with Crippen LogP contribution in [-0.2, 0) is 48.4 Å². The maximum Gasteiger partial charge on any atom is 0.377 e. The van der Waals surface area contributed by atoms with Gasteiger partial charge in [0.25, 0.3) is 34.1 Å². The molecule has 5 rings (SSSR count). The molecule has 0 spiro atoms. The monoisotopic (exact) mass is 821 g/mol. The molecule has 23 nitrogen and oxygen atoms in total. The van der Waals surface area contributed by atoms with Crippen molar-refractivity contribution >= 4 is 51.6 Å². The third-order valence-electron chi connectivity index (χ3n) is 5.10. The molecule has 2 aliphatic heterocycles. The molecule has 53 heavy (non-hydrogen) atoms. The van der Waals surface area contributed by atoms with Crippen LogP contribution in [0.3, 0.4) is 0 Å². The topological polar surface area (TPSA) is 428 Å². The number of amides is 1. The summed E-state index contributed by atoms with van der Waals surface area (Å²) in [5.41, 5.74) is 3.81. The highest BCUT2D eigenvalue weighted by Gasteiger charge is 2.38. The Morgan fingerprint density at radius 2 is 1.08 bits per heavy atom. The Balaban J connectivity index is -0.000000574. The summed E-state index contributed by atoms with van der Waals surface area (Å²) in [6.45, 7) is 0.0954. The molecule has 0 unspecified atom stereocenters. The second kappa shape index (κ2) is 29.6. The number of carbonyl (C=O) groups excluding carboxylic acids is 2. The first-order valence-electron chi connectivity index (χ1n) is 13.3. The van der Waals surface area contributed by atoms with Gasteiger partial charge in [0.05, 0.1) is 12.3 Å². The van der Waals surface area contributed by atoms with Gasteiger partial charge in [-0.05, 0) is 48.5 Å². The molecular weight excluding hydrogens is 782 g/mol. The second-order valence-electron chi connectivity index (χ2n) is 8.78. The van der Waals surface area contributed by atoms with Crippen LogP contribution in [0.5, 0.6) is 23.0 Å². The van der Waals surface area contributed by atoms with Crippen molar-refractivity contribution in [3.8, 4) is 23.0 Å². The van der Waals surface area contributed by atoms with Crippen LogP contribution in [0.15, 0.2) is 90.4 Å². The molecule has 2 aliphatic rings. The number of hydrogen-bond acceptors (Lipinski definition) is 16. The van der Waals surface area contributed by atoms with Gasteiger partial charge >= 0.3 is 5.97 Å². The zero-order chi connectivity index (χ0) is 40.4. The molecule has 18 N–H and O–H groups in total. The summed E-state index contributed by atoms with van der Waals surface area (Å²) in [5, 5.41) is 71.5. The number of benzene rings is 3. The van der Waals surface area contributed by atoms with E-state index in [4.69, 9.17) is 80.8 Å². The molecule has 1 fully saturated rings. The van der Waals surface area contributed by atoms with Crippen LogP contribution in [0, 0.1) is 0 Å². The Hall–Kier alpha value is -4.97. The molecule has 300 valence electrons. The second-order valence-corrected chi connectivity index (χ2v) is 10.2. The highest BCUT2D eigenvalue weighted by Crippen LogP contribution is 2.22. The van der Waals surface area contributed by atoms with Gasteiger partial charge in [0, 0.05) is 13.0 Å². The van der Waals surface area contributed by atoms with Crippen molar-refractivity contribution in [1.29, 1.82) is 0 Å². The van der Waals surface area contributed by atoms with Crippen LogP contribution < -0.4 is 16.6 Å². The van der Waals surface area contributed by atoms with Gasteiger partial charge in [-0.25, -0.2) is 4.79 Å². The van der Waals surface area contributed by atoms with Gasteiger partial charge in [0.2, 0.25) is 11.7 Å². The number of phenols is 4. The Kier molecular flexibility index (Phi) is 29.3. The molecule has 1 saturated heterocycles. The van der Waals surface area contributed by atoms with Crippen molar-refractivity contribution in [2.24, 2.45) is 0 Å². The van der Waals surface area contributed by atoms with Gasteiger partial charge in [-0.1, -0.05) is 30.3 Å². The van der Waals surface area contributed by atoms with Crippen molar-refractivity contribution in [3.05, 3.63) is 90.4 Å². The van der Waals surface area contributed by atoms with Crippen molar-refractivity contribution < 1.29 is 95.1 Å². The lowest BCUT2D eigenvalue weighted by molar-refractivity contribution is -0.147. The van der Waals surface area contributed by atoms with Crippen molar-refractivity contribution in [2.75, 3.05) is 18.2 Å². The van der Waals surface area contributed by atoms with Crippen LogP contribution >= 0.6 is 0 Å². The number of nitrogens with one attached hydrogen (secondary N) is 1. The van der Waals surface area contributed by atoms with E-state index in [0.717, 1.165) is 12.2 Å². The van der Waals surface area contributed by atoms with Crippen LogP contribution in [0.2, 0.25) is 0 Å². The Morgan fingerprint density at radius 1 is 0.698 bits per heavy atom. The summed E-state index contributed by atoms with van der Waals surface area (Å²) in [5.74, 6) is -2.50. The van der Waals surface area contributed by atoms with E-state index < -0.39 is 70.4 Å². The van der Waals surface area contributed by atoms with Crippen molar-refractivity contribution in [1.82, 2.24) is 11.6 Å². The summed E-state index contributed by atoms with van der Waals surface area (Å²) in [4.78, 5) is 21.4. The van der Waals surface area contributed by atoms with Gasteiger partial charge < -0.3 is 51.7 Å². The van der Waals surface area contributed by atoms with Gasteiger partial charge in [0.1, 0.15) is 17.6 Å². The van der Waals surface area contributed by atoms with E-state index in [0.29, 0.717) is 6.42 Å². The first-order chi connectivity index (χ1) is 24.2. The highest BCUT2D eigenvalue weighted by atomic mass is 32.2. The Bertz CT molecular complexity index is 1500. The SMILES string of the molecule is N.O=C1CCN(c2ccccc2)N1.O=C1O[C@H]([C@@H](O)CO)C(O)=C1O.O=S(O)O.O=S(O)O.O=S(O)O.Oc1ccc(O)cc1.Oc1ccccc1O. The van der Waals surface area contributed by atoms with E-state index in [2.05, 4.69) is 10.2 Å². The molecular formula is C27H39N3O20S3. The average Bonchev–Trinajstić information content (AvgIpc) is 3.62. The normalized spacial score (nSPS) is 14.2. The number of anilines is 1. The predicted molar refractivity (Wildman–Crippen MR) is 187 cm³/mol. The minimum atomic E-state index is -2.61. The van der Waals surface area contributed by atoms with Crippen LogP contribution in [0.4, 0.5) is 5.69 Å². The zero-order valence-electron chi connectivity index (χ0n) is 26.9. The highest BCUT2D eigenvalue weighted by molar-refractivity contribution is 7.73. The molecule has 3 aromatic rings. The molecule has 26 heteroatoms. The minimum Gasteiger partial charge on any atom is -0.508 e. The van der Waals surface area contributed by atoms with E-state index in [9.17, 15) is 9.59 Å². The van der Waals surface area contributed by atoms with E-state index in [1.807, 2.05) is 35.3 Å². The minimum absolute atomic E-state index is 0.